The highest BCUT2D eigenvalue weighted by Gasteiger charge is 2.33. The summed E-state index contributed by atoms with van der Waals surface area (Å²) in [6.07, 6.45) is 4.14. The van der Waals surface area contributed by atoms with Crippen molar-refractivity contribution < 1.29 is 4.42 Å². The highest BCUT2D eigenvalue weighted by Crippen LogP contribution is 2.35. The third-order valence-corrected chi connectivity index (χ3v) is 5.09. The highest BCUT2D eigenvalue weighted by molar-refractivity contribution is 5.89. The van der Waals surface area contributed by atoms with E-state index in [9.17, 15) is 0 Å². The Hall–Kier alpha value is -2.98. The minimum atomic E-state index is 0.197. The van der Waals surface area contributed by atoms with Gasteiger partial charge in [0.1, 0.15) is 5.76 Å². The lowest BCUT2D eigenvalue weighted by Crippen LogP contribution is -2.41. The summed E-state index contributed by atoms with van der Waals surface area (Å²) in [6, 6.07) is 25.2. The fourth-order valence-corrected chi connectivity index (χ4v) is 3.61. The van der Waals surface area contributed by atoms with Gasteiger partial charge in [-0.05, 0) is 23.3 Å². The van der Waals surface area contributed by atoms with Crippen molar-refractivity contribution in [1.82, 2.24) is 5.32 Å². The van der Waals surface area contributed by atoms with Gasteiger partial charge in [-0.2, -0.15) is 10.2 Å². The first-order chi connectivity index (χ1) is 13.3. The van der Waals surface area contributed by atoms with Crippen molar-refractivity contribution >= 4 is 11.9 Å². The predicted molar refractivity (Wildman–Crippen MR) is 109 cm³/mol. The van der Waals surface area contributed by atoms with Crippen molar-refractivity contribution in [3.05, 3.63) is 95.9 Å². The average Bonchev–Trinajstić information content (AvgIpc) is 3.24. The van der Waals surface area contributed by atoms with Gasteiger partial charge in [0.15, 0.2) is 0 Å². The molecule has 2 aromatic carbocycles. The fraction of sp³-hybridized carbons (Fsp3) is 0.217. The van der Waals surface area contributed by atoms with Crippen LogP contribution in [-0.2, 0) is 0 Å². The maximum atomic E-state index is 5.30. The van der Waals surface area contributed by atoms with Crippen LogP contribution in [0.15, 0.2) is 93.7 Å². The van der Waals surface area contributed by atoms with E-state index in [2.05, 4.69) is 71.0 Å². The number of nitrogens with one attached hydrogen (secondary N) is 1. The summed E-state index contributed by atoms with van der Waals surface area (Å²) >= 11 is 0. The molecule has 1 N–H and O–H groups in total. The zero-order valence-electron chi connectivity index (χ0n) is 15.3. The monoisotopic (exact) mass is 357 g/mol. The highest BCUT2D eigenvalue weighted by atomic mass is 16.3. The van der Waals surface area contributed by atoms with E-state index in [0.29, 0.717) is 5.76 Å². The first-order valence-electron chi connectivity index (χ1n) is 9.30. The minimum Gasteiger partial charge on any atom is -0.463 e. The molecule has 1 aliphatic heterocycles. The second kappa shape index (κ2) is 8.14. The summed E-state index contributed by atoms with van der Waals surface area (Å²) in [5.41, 5.74) is 3.64. The molecule has 3 aromatic rings. The van der Waals surface area contributed by atoms with Crippen molar-refractivity contribution in [3.63, 3.8) is 0 Å². The second-order valence-electron chi connectivity index (χ2n) is 6.86. The standard InChI is InChI=1S/C23H23N3O/c1-17-21(26-24-16-20-13-8-14-27-20)15-22(18-9-4-2-5-10-18)25-23(17)19-11-6-3-7-12-19/h2-14,16-17,22-23,25H,15H2,1H3/b24-16+,26-21+. The van der Waals surface area contributed by atoms with Gasteiger partial charge in [-0.15, -0.1) is 0 Å². The summed E-state index contributed by atoms with van der Waals surface area (Å²) in [6.45, 7) is 2.22. The first-order valence-corrected chi connectivity index (χ1v) is 9.30. The molecule has 0 aliphatic carbocycles. The van der Waals surface area contributed by atoms with E-state index in [0.717, 1.165) is 12.1 Å². The quantitative estimate of drug-likeness (QED) is 0.517. The summed E-state index contributed by atoms with van der Waals surface area (Å²) in [4.78, 5) is 0. The molecule has 0 amide bonds. The van der Waals surface area contributed by atoms with Gasteiger partial charge in [-0.3, -0.25) is 0 Å². The largest absolute Gasteiger partial charge is 0.463 e. The van der Waals surface area contributed by atoms with Crippen LogP contribution in [0.2, 0.25) is 0 Å². The molecule has 0 spiro atoms. The molecule has 3 atom stereocenters. The van der Waals surface area contributed by atoms with Crippen LogP contribution < -0.4 is 5.32 Å². The Bertz CT molecular complexity index is 901. The van der Waals surface area contributed by atoms with Crippen molar-refractivity contribution in [2.75, 3.05) is 0 Å². The lowest BCUT2D eigenvalue weighted by molar-refractivity contribution is 0.364. The van der Waals surface area contributed by atoms with Crippen molar-refractivity contribution in [1.29, 1.82) is 0 Å². The molecule has 1 saturated heterocycles. The van der Waals surface area contributed by atoms with Gasteiger partial charge in [0.2, 0.25) is 0 Å². The van der Waals surface area contributed by atoms with E-state index in [-0.39, 0.29) is 18.0 Å². The summed E-state index contributed by atoms with van der Waals surface area (Å²) in [7, 11) is 0. The van der Waals surface area contributed by atoms with Crippen molar-refractivity contribution in [2.24, 2.45) is 16.1 Å². The van der Waals surface area contributed by atoms with E-state index in [4.69, 9.17) is 4.42 Å². The molecule has 0 radical (unpaired) electrons. The minimum absolute atomic E-state index is 0.197. The maximum Gasteiger partial charge on any atom is 0.146 e. The van der Waals surface area contributed by atoms with E-state index in [1.54, 1.807) is 12.5 Å². The molecular weight excluding hydrogens is 334 g/mol. The van der Waals surface area contributed by atoms with Crippen LogP contribution in [0.1, 0.15) is 42.3 Å². The molecule has 4 heteroatoms. The topological polar surface area (TPSA) is 49.9 Å². The second-order valence-corrected chi connectivity index (χ2v) is 6.86. The zero-order valence-corrected chi connectivity index (χ0v) is 15.3. The Kier molecular flexibility index (Phi) is 5.26. The fourth-order valence-electron chi connectivity index (χ4n) is 3.61. The van der Waals surface area contributed by atoms with Gasteiger partial charge >= 0.3 is 0 Å². The number of benzene rings is 2. The molecule has 0 bridgehead atoms. The number of hydrogen-bond acceptors (Lipinski definition) is 4. The Morgan fingerprint density at radius 2 is 1.63 bits per heavy atom. The van der Waals surface area contributed by atoms with E-state index >= 15 is 0 Å². The van der Waals surface area contributed by atoms with Crippen LogP contribution in [0.4, 0.5) is 0 Å². The van der Waals surface area contributed by atoms with E-state index in [1.165, 1.54) is 11.1 Å². The lowest BCUT2D eigenvalue weighted by Gasteiger charge is -2.37. The number of nitrogens with zero attached hydrogens (tertiary/aromatic N) is 2. The van der Waals surface area contributed by atoms with Gasteiger partial charge in [0, 0.05) is 30.1 Å². The SMILES string of the molecule is CC1/C(=N/N=C/c2ccco2)CC(c2ccccc2)NC1c1ccccc1. The molecule has 2 heterocycles. The van der Waals surface area contributed by atoms with Gasteiger partial charge in [0.05, 0.1) is 12.5 Å². The molecule has 1 aromatic heterocycles. The molecule has 0 saturated carbocycles. The molecule has 4 nitrogen and oxygen atoms in total. The van der Waals surface area contributed by atoms with Crippen LogP contribution in [0, 0.1) is 5.92 Å². The summed E-state index contributed by atoms with van der Waals surface area (Å²) in [5.74, 6) is 0.960. The number of furan rings is 1. The van der Waals surface area contributed by atoms with Crippen molar-refractivity contribution in [3.8, 4) is 0 Å². The molecule has 1 fully saturated rings. The maximum absolute atomic E-state index is 5.30. The van der Waals surface area contributed by atoms with Crippen LogP contribution in [0.5, 0.6) is 0 Å². The predicted octanol–water partition coefficient (Wildman–Crippen LogP) is 5.17. The zero-order chi connectivity index (χ0) is 18.5. The van der Waals surface area contributed by atoms with E-state index < -0.39 is 0 Å². The van der Waals surface area contributed by atoms with Gasteiger partial charge in [-0.1, -0.05) is 67.6 Å². The Morgan fingerprint density at radius 1 is 0.926 bits per heavy atom. The summed E-state index contributed by atoms with van der Waals surface area (Å²) < 4.78 is 5.30. The summed E-state index contributed by atoms with van der Waals surface area (Å²) in [5, 5.41) is 12.7. The third-order valence-electron chi connectivity index (χ3n) is 5.09. The Balaban J connectivity index is 1.64. The van der Waals surface area contributed by atoms with Crippen LogP contribution in [0.25, 0.3) is 0 Å². The Labute approximate surface area is 159 Å². The molecule has 27 heavy (non-hydrogen) atoms. The first kappa shape index (κ1) is 17.4. The third kappa shape index (κ3) is 4.07. The van der Waals surface area contributed by atoms with E-state index in [1.807, 2.05) is 24.3 Å². The van der Waals surface area contributed by atoms with Crippen LogP contribution >= 0.6 is 0 Å². The molecular formula is C23H23N3O. The Morgan fingerprint density at radius 3 is 2.30 bits per heavy atom. The van der Waals surface area contributed by atoms with Crippen molar-refractivity contribution in [2.45, 2.75) is 25.4 Å². The number of hydrogen-bond donors (Lipinski definition) is 1. The normalized spacial score (nSPS) is 24.5. The molecule has 4 rings (SSSR count). The smallest absolute Gasteiger partial charge is 0.146 e. The van der Waals surface area contributed by atoms with Gasteiger partial charge in [0.25, 0.3) is 0 Å². The molecule has 136 valence electrons. The molecule has 1 aliphatic rings. The van der Waals surface area contributed by atoms with Crippen LogP contribution in [-0.4, -0.2) is 11.9 Å². The number of piperidine rings is 1. The van der Waals surface area contributed by atoms with Crippen LogP contribution in [0.3, 0.4) is 0 Å². The average molecular weight is 357 g/mol. The molecule has 3 unspecified atom stereocenters. The lowest BCUT2D eigenvalue weighted by atomic mass is 9.81. The van der Waals surface area contributed by atoms with Gasteiger partial charge in [-0.25, -0.2) is 0 Å². The van der Waals surface area contributed by atoms with Gasteiger partial charge < -0.3 is 9.73 Å². The number of rotatable bonds is 4.